The highest BCUT2D eigenvalue weighted by Crippen LogP contribution is 2.28. The van der Waals surface area contributed by atoms with E-state index in [0.717, 1.165) is 0 Å². The van der Waals surface area contributed by atoms with Crippen LogP contribution in [0.4, 0.5) is 4.39 Å². The van der Waals surface area contributed by atoms with E-state index in [1.807, 2.05) is 6.92 Å². The molecule has 0 aliphatic carbocycles. The lowest BCUT2D eigenvalue weighted by Crippen LogP contribution is -2.19. The molecular weight excluding hydrogens is 299 g/mol. The number of nitrogens with zero attached hydrogens (tertiary/aromatic N) is 1. The van der Waals surface area contributed by atoms with Crippen LogP contribution in [0.2, 0.25) is 0 Å². The summed E-state index contributed by atoms with van der Waals surface area (Å²) in [7, 11) is 0. The third-order valence-corrected chi connectivity index (χ3v) is 3.00. The summed E-state index contributed by atoms with van der Waals surface area (Å²) < 4.78 is 18.0. The van der Waals surface area contributed by atoms with Gasteiger partial charge < -0.3 is 9.84 Å². The van der Waals surface area contributed by atoms with Crippen molar-refractivity contribution >= 4 is 12.1 Å². The maximum atomic E-state index is 12.8. The summed E-state index contributed by atoms with van der Waals surface area (Å²) in [6.07, 6.45) is 1.42. The summed E-state index contributed by atoms with van der Waals surface area (Å²) in [5.74, 6) is -0.370. The lowest BCUT2D eigenvalue weighted by molar-refractivity contribution is -0.120. The number of halogens is 1. The second-order valence-corrected chi connectivity index (χ2v) is 4.72. The SMILES string of the molecule is CCOc1cccc(/C=N/NC(=O)Cc2ccc(F)cc2)c1O. The Morgan fingerprint density at radius 3 is 2.74 bits per heavy atom. The number of hydrogen-bond donors (Lipinski definition) is 2. The number of hydrazone groups is 1. The largest absolute Gasteiger partial charge is 0.504 e. The van der Waals surface area contributed by atoms with E-state index in [2.05, 4.69) is 10.5 Å². The van der Waals surface area contributed by atoms with Crippen molar-refractivity contribution in [2.24, 2.45) is 5.10 Å². The first-order valence-electron chi connectivity index (χ1n) is 7.11. The van der Waals surface area contributed by atoms with Crippen LogP contribution in [-0.2, 0) is 11.2 Å². The fourth-order valence-electron chi connectivity index (χ4n) is 1.92. The van der Waals surface area contributed by atoms with E-state index in [4.69, 9.17) is 4.74 Å². The molecule has 2 rings (SSSR count). The average molecular weight is 316 g/mol. The molecule has 5 nitrogen and oxygen atoms in total. The molecule has 0 radical (unpaired) electrons. The van der Waals surface area contributed by atoms with Gasteiger partial charge in [0.05, 0.1) is 19.2 Å². The summed E-state index contributed by atoms with van der Waals surface area (Å²) >= 11 is 0. The van der Waals surface area contributed by atoms with Crippen LogP contribution < -0.4 is 10.2 Å². The molecule has 0 aromatic heterocycles. The minimum Gasteiger partial charge on any atom is -0.504 e. The van der Waals surface area contributed by atoms with Crippen LogP contribution in [-0.4, -0.2) is 23.8 Å². The number of para-hydroxylation sites is 1. The number of ether oxygens (including phenoxy) is 1. The maximum Gasteiger partial charge on any atom is 0.244 e. The number of amides is 1. The maximum absolute atomic E-state index is 12.8. The Bertz CT molecular complexity index is 699. The molecule has 0 atom stereocenters. The van der Waals surface area contributed by atoms with Crippen LogP contribution >= 0.6 is 0 Å². The minimum atomic E-state index is -0.350. The van der Waals surface area contributed by atoms with E-state index in [-0.39, 0.29) is 23.9 Å². The lowest BCUT2D eigenvalue weighted by atomic mass is 10.1. The number of phenolic OH excluding ortho intramolecular Hbond substituents is 1. The minimum absolute atomic E-state index is 0.0362. The molecule has 0 aliphatic rings. The summed E-state index contributed by atoms with van der Waals surface area (Å²) in [5, 5.41) is 13.8. The number of nitrogens with one attached hydrogen (secondary N) is 1. The van der Waals surface area contributed by atoms with Gasteiger partial charge in [-0.3, -0.25) is 4.79 Å². The molecule has 0 fully saturated rings. The fraction of sp³-hybridized carbons (Fsp3) is 0.176. The molecule has 0 bridgehead atoms. The molecule has 0 saturated heterocycles. The van der Waals surface area contributed by atoms with E-state index in [9.17, 15) is 14.3 Å². The van der Waals surface area contributed by atoms with Crippen LogP contribution in [0.1, 0.15) is 18.1 Å². The molecule has 2 N–H and O–H groups in total. The van der Waals surface area contributed by atoms with E-state index >= 15 is 0 Å². The van der Waals surface area contributed by atoms with Crippen LogP contribution in [0, 0.1) is 5.82 Å². The predicted octanol–water partition coefficient (Wildman–Crippen LogP) is 2.62. The first kappa shape index (κ1) is 16.5. The summed E-state index contributed by atoms with van der Waals surface area (Å²) in [6.45, 7) is 2.25. The van der Waals surface area contributed by atoms with Gasteiger partial charge >= 0.3 is 0 Å². The van der Waals surface area contributed by atoms with E-state index in [1.165, 1.54) is 30.5 Å². The van der Waals surface area contributed by atoms with Crippen molar-refractivity contribution in [2.75, 3.05) is 6.61 Å². The third kappa shape index (κ3) is 4.81. The number of benzene rings is 2. The Morgan fingerprint density at radius 2 is 2.04 bits per heavy atom. The van der Waals surface area contributed by atoms with Gasteiger partial charge in [-0.15, -0.1) is 0 Å². The first-order valence-corrected chi connectivity index (χ1v) is 7.11. The highest BCUT2D eigenvalue weighted by molar-refractivity contribution is 5.86. The highest BCUT2D eigenvalue weighted by atomic mass is 19.1. The Balaban J connectivity index is 1.94. The third-order valence-electron chi connectivity index (χ3n) is 3.00. The zero-order valence-corrected chi connectivity index (χ0v) is 12.6. The van der Waals surface area contributed by atoms with Gasteiger partial charge in [-0.05, 0) is 36.8 Å². The molecule has 120 valence electrons. The molecule has 0 aliphatic heterocycles. The predicted molar refractivity (Wildman–Crippen MR) is 85.1 cm³/mol. The number of phenols is 1. The Hall–Kier alpha value is -2.89. The van der Waals surface area contributed by atoms with Gasteiger partial charge in [-0.2, -0.15) is 5.10 Å². The van der Waals surface area contributed by atoms with Gasteiger partial charge in [0.1, 0.15) is 5.82 Å². The topological polar surface area (TPSA) is 70.9 Å². The molecule has 23 heavy (non-hydrogen) atoms. The van der Waals surface area contributed by atoms with Gasteiger partial charge in [-0.1, -0.05) is 18.2 Å². The molecule has 2 aromatic carbocycles. The molecule has 0 spiro atoms. The smallest absolute Gasteiger partial charge is 0.244 e. The molecular formula is C17H17FN2O3. The van der Waals surface area contributed by atoms with Crippen LogP contribution in [0.25, 0.3) is 0 Å². The normalized spacial score (nSPS) is 10.7. The zero-order valence-electron chi connectivity index (χ0n) is 12.6. The second kappa shape index (κ2) is 7.93. The Kier molecular flexibility index (Phi) is 5.68. The number of carbonyl (C=O) groups is 1. The van der Waals surface area contributed by atoms with Crippen molar-refractivity contribution in [3.05, 3.63) is 59.4 Å². The molecule has 0 saturated carbocycles. The molecule has 2 aromatic rings. The Morgan fingerprint density at radius 1 is 1.30 bits per heavy atom. The quantitative estimate of drug-likeness (QED) is 0.636. The fourth-order valence-corrected chi connectivity index (χ4v) is 1.92. The molecule has 0 heterocycles. The zero-order chi connectivity index (χ0) is 16.7. The summed E-state index contributed by atoms with van der Waals surface area (Å²) in [4.78, 5) is 11.7. The van der Waals surface area contributed by atoms with Crippen LogP contribution in [0.3, 0.4) is 0 Å². The van der Waals surface area contributed by atoms with Gasteiger partial charge in [0.25, 0.3) is 0 Å². The van der Waals surface area contributed by atoms with Crippen molar-refractivity contribution in [1.82, 2.24) is 5.43 Å². The lowest BCUT2D eigenvalue weighted by Gasteiger charge is -2.07. The van der Waals surface area contributed by atoms with Crippen molar-refractivity contribution in [3.8, 4) is 11.5 Å². The van der Waals surface area contributed by atoms with Crippen molar-refractivity contribution in [2.45, 2.75) is 13.3 Å². The standard InChI is InChI=1S/C17H17FN2O3/c1-2-23-15-5-3-4-13(17(15)22)11-19-20-16(21)10-12-6-8-14(18)9-7-12/h3-9,11,22H,2,10H2,1H3,(H,20,21)/b19-11+. The Labute approximate surface area is 133 Å². The molecule has 6 heteroatoms. The number of rotatable bonds is 6. The van der Waals surface area contributed by atoms with E-state index in [1.54, 1.807) is 18.2 Å². The van der Waals surface area contributed by atoms with E-state index < -0.39 is 0 Å². The number of hydrogen-bond acceptors (Lipinski definition) is 4. The molecule has 1 amide bonds. The molecule has 0 unspecified atom stereocenters. The number of carbonyl (C=O) groups excluding carboxylic acids is 1. The van der Waals surface area contributed by atoms with Gasteiger partial charge in [0, 0.05) is 5.56 Å². The first-order chi connectivity index (χ1) is 11.1. The summed E-state index contributed by atoms with van der Waals surface area (Å²) in [5.41, 5.74) is 3.47. The second-order valence-electron chi connectivity index (χ2n) is 4.72. The van der Waals surface area contributed by atoms with Crippen LogP contribution in [0.5, 0.6) is 11.5 Å². The van der Waals surface area contributed by atoms with E-state index in [0.29, 0.717) is 23.5 Å². The highest BCUT2D eigenvalue weighted by Gasteiger charge is 2.06. The van der Waals surface area contributed by atoms with Crippen molar-refractivity contribution in [1.29, 1.82) is 0 Å². The monoisotopic (exact) mass is 316 g/mol. The van der Waals surface area contributed by atoms with Crippen molar-refractivity contribution < 1.29 is 19.0 Å². The van der Waals surface area contributed by atoms with Gasteiger partial charge in [0.15, 0.2) is 11.5 Å². The van der Waals surface area contributed by atoms with Gasteiger partial charge in [0.2, 0.25) is 5.91 Å². The van der Waals surface area contributed by atoms with Crippen LogP contribution in [0.15, 0.2) is 47.6 Å². The number of aromatic hydroxyl groups is 1. The summed E-state index contributed by atoms with van der Waals surface area (Å²) in [6, 6.07) is 10.7. The average Bonchev–Trinajstić information content (AvgIpc) is 2.53. The van der Waals surface area contributed by atoms with Crippen molar-refractivity contribution in [3.63, 3.8) is 0 Å². The van der Waals surface area contributed by atoms with Gasteiger partial charge in [-0.25, -0.2) is 9.82 Å².